The van der Waals surface area contributed by atoms with Crippen molar-refractivity contribution in [1.29, 1.82) is 5.41 Å². The Morgan fingerprint density at radius 1 is 0.379 bits per heavy atom. The van der Waals surface area contributed by atoms with Gasteiger partial charge in [-0.15, -0.1) is 0 Å². The average Bonchev–Trinajstić information content (AvgIpc) is 0.800. The molecule has 0 radical (unpaired) electrons. The Labute approximate surface area is 643 Å². The zero-order valence-corrected chi connectivity index (χ0v) is 80.6. The van der Waals surface area contributed by atoms with Gasteiger partial charge in [0.05, 0.1) is 53.1 Å². The van der Waals surface area contributed by atoms with Crippen molar-refractivity contribution in [2.24, 2.45) is 80.1 Å². The third kappa shape index (κ3) is 63.9. The minimum atomic E-state index is -1.62. The summed E-state index contributed by atoms with van der Waals surface area (Å²) in [6, 6.07) is 7.17. The van der Waals surface area contributed by atoms with Crippen LogP contribution in [0.2, 0.25) is 95.2 Å². The third-order valence-electron chi connectivity index (χ3n) is 18.8. The number of nitrogens with one attached hydrogen (secondary N) is 1. The third-order valence-corrected chi connectivity index (χ3v) is 32.5. The molecule has 19 nitrogen and oxygen atoms in total. The number of hydrazone groups is 1. The molecule has 9 unspecified atom stereocenters. The summed E-state index contributed by atoms with van der Waals surface area (Å²) >= 11 is 0. The fourth-order valence-corrected chi connectivity index (χ4v) is 15.0. The highest BCUT2D eigenvalue weighted by atomic mass is 28.3. The number of hydrogen-bond donors (Lipinski definition) is 10. The lowest BCUT2D eigenvalue weighted by Crippen LogP contribution is -2.57. The van der Waals surface area contributed by atoms with Crippen LogP contribution in [0, 0.1) is 46.8 Å². The van der Waals surface area contributed by atoms with Crippen LogP contribution in [0.4, 0.5) is 0 Å². The molecule has 0 bridgehead atoms. The number of aliphatic hydroxyl groups is 9. The molecule has 0 aliphatic carbocycles. The summed E-state index contributed by atoms with van der Waals surface area (Å²) in [5.74, 6) is 1.41. The molecular weight excluding hydrogens is 1370 g/mol. The van der Waals surface area contributed by atoms with Crippen LogP contribution in [0.5, 0.6) is 0 Å². The lowest BCUT2D eigenvalue weighted by atomic mass is 9.94. The topological polar surface area (TPSA) is 308 Å². The molecule has 0 amide bonds. The molecule has 0 saturated carbocycles. The molecular formula is C79H176N10O9Si5. The largest absolute Gasteiger partial charge is 0.388 e. The van der Waals surface area contributed by atoms with Gasteiger partial charge in [0, 0.05) is 83.4 Å². The van der Waals surface area contributed by atoms with Crippen molar-refractivity contribution in [1.82, 2.24) is 5.01 Å². The molecule has 0 saturated heterocycles. The standard InChI is InChI=1S/C12H29NOSi2.C12H27NOSi.C9H21NOSi.C9H19NO.C8H18N2O.C8H17NOSi.C8H17NO.C7H15NO.C6H13NO/c1-8-16(9-2,10-3)12(4,14)11-13-15(5,6)7;1-7-15(8-2,9-3)13-10-12(6,14)11(4)5;1-8(2)9(3,11)7-10-12(4,5)6;1-7(2)9(5,11)6-10-8(3)4;1-7(2)8(3,11)6-9-10(4)5;1-6-8(2,10)7-9-11(3,4)5;1-5-9-6-8(4,10)7(2)3;1-6(2)7(3,9)5-8-4;1-5(2)6(3,8)4-7/h11,14H,8-10H2,1-7H3;10-11,14H,7-9H2,1-6H3;7-8,11H,1-6H3;6-8,11H,1-5H3;6-7,11H,1-5H3;6-7,10H,1H2,2-5H3;6-7,10H,5H2,1-4H3;5-6,9H,1-4H3;4-5,7-8H,1-3H3. The Kier molecular flexibility index (Phi) is 62.2. The maximum atomic E-state index is 10.7. The normalized spacial score (nSPS) is 18.0. The van der Waals surface area contributed by atoms with Crippen molar-refractivity contribution in [2.45, 2.75) is 373 Å². The molecule has 0 fully saturated rings. The molecule has 0 aromatic heterocycles. The van der Waals surface area contributed by atoms with Crippen molar-refractivity contribution in [3.8, 4) is 0 Å². The predicted molar refractivity (Wildman–Crippen MR) is 476 cm³/mol. The van der Waals surface area contributed by atoms with E-state index >= 15 is 0 Å². The SMILES string of the molecule is C=CC(C)(O)C=N[Si](C)(C)C.CC(C)C(C)(O)C=N.CC(C)C(C)(O)C=NN(C)C.CC(C)C(C)(O)C=N[Si](C)(C)C.CC(C)N=CC(C)(O)C(C)C.CCN=CC(C)(O)C(C)C.CC[Si](CC)(CC)C(C)(O)C=N[Si](C)(C)C.CC[Si](CC)(CC)N=CC(C)(O)C(C)C.CN=CC(C)(O)C(C)C. The molecule has 0 aliphatic rings. The Morgan fingerprint density at radius 2 is 0.650 bits per heavy atom. The van der Waals surface area contributed by atoms with Crippen molar-refractivity contribution >= 4 is 96.9 Å². The van der Waals surface area contributed by atoms with Crippen molar-refractivity contribution in [3.63, 3.8) is 0 Å². The lowest BCUT2D eigenvalue weighted by Gasteiger charge is -2.40. The first-order valence-corrected chi connectivity index (χ1v) is 53.8. The first kappa shape index (κ1) is 119. The van der Waals surface area contributed by atoms with Gasteiger partial charge in [0.1, 0.15) is 11.2 Å². The van der Waals surface area contributed by atoms with Gasteiger partial charge in [-0.2, -0.15) is 5.10 Å². The Hall–Kier alpha value is -2.71. The summed E-state index contributed by atoms with van der Waals surface area (Å²) < 4.78 is 18.1. The van der Waals surface area contributed by atoms with Crippen molar-refractivity contribution < 1.29 is 46.0 Å². The van der Waals surface area contributed by atoms with Gasteiger partial charge in [-0.3, -0.25) is 15.0 Å². The number of rotatable bonds is 31. The van der Waals surface area contributed by atoms with Crippen molar-refractivity contribution in [2.75, 3.05) is 27.7 Å². The van der Waals surface area contributed by atoms with Crippen LogP contribution in [0.1, 0.15) is 222 Å². The highest BCUT2D eigenvalue weighted by molar-refractivity contribution is 6.85. The number of hydrogen-bond acceptors (Lipinski definition) is 19. The predicted octanol–water partition coefficient (Wildman–Crippen LogP) is 17.7. The molecule has 10 N–H and O–H groups in total. The molecule has 0 aliphatic heterocycles. The van der Waals surface area contributed by atoms with Gasteiger partial charge in [-0.05, 0) is 202 Å². The van der Waals surface area contributed by atoms with Crippen LogP contribution in [0.3, 0.4) is 0 Å². The van der Waals surface area contributed by atoms with E-state index in [1.54, 1.807) is 104 Å². The van der Waals surface area contributed by atoms with Crippen LogP contribution in [-0.4, -0.2) is 232 Å². The van der Waals surface area contributed by atoms with E-state index in [9.17, 15) is 40.9 Å². The summed E-state index contributed by atoms with van der Waals surface area (Å²) in [7, 11) is -2.04. The van der Waals surface area contributed by atoms with E-state index in [1.165, 1.54) is 24.2 Å². The fourth-order valence-electron chi connectivity index (χ4n) is 6.40. The molecule has 0 spiro atoms. The highest BCUT2D eigenvalue weighted by Gasteiger charge is 2.44. The van der Waals surface area contributed by atoms with E-state index in [0.717, 1.165) is 30.9 Å². The van der Waals surface area contributed by atoms with Gasteiger partial charge < -0.3 is 75.0 Å². The van der Waals surface area contributed by atoms with E-state index in [1.807, 2.05) is 152 Å². The molecule has 0 aromatic rings. The van der Waals surface area contributed by atoms with Gasteiger partial charge in [-0.25, -0.2) is 0 Å². The van der Waals surface area contributed by atoms with Crippen LogP contribution >= 0.6 is 0 Å². The quantitative estimate of drug-likeness (QED) is 0.0135. The molecule has 103 heavy (non-hydrogen) atoms. The fraction of sp³-hybridized carbons (Fsp3) is 0.861. The summed E-state index contributed by atoms with van der Waals surface area (Å²) in [6.07, 6.45) is 15.9. The van der Waals surface area contributed by atoms with Gasteiger partial charge in [0.2, 0.25) is 0 Å². The molecule has 0 heterocycles. The van der Waals surface area contributed by atoms with Crippen LogP contribution in [0.25, 0.3) is 0 Å². The first-order chi connectivity index (χ1) is 45.6. The van der Waals surface area contributed by atoms with Gasteiger partial charge in [0.15, 0.2) is 32.9 Å². The second kappa shape index (κ2) is 54.0. The Bertz CT molecular complexity index is 2350. The minimum Gasteiger partial charge on any atom is -0.388 e. The molecule has 9 atom stereocenters. The summed E-state index contributed by atoms with van der Waals surface area (Å²) in [5, 5.41) is 99.4. The van der Waals surface area contributed by atoms with E-state index in [0.29, 0.717) is 0 Å². The zero-order valence-electron chi connectivity index (χ0n) is 75.6. The van der Waals surface area contributed by atoms with Crippen LogP contribution in [0.15, 0.2) is 51.4 Å². The van der Waals surface area contributed by atoms with Crippen LogP contribution in [-0.2, 0) is 0 Å². The van der Waals surface area contributed by atoms with E-state index in [4.69, 9.17) is 15.2 Å². The Morgan fingerprint density at radius 3 is 0.874 bits per heavy atom. The molecule has 24 heteroatoms. The van der Waals surface area contributed by atoms with Crippen LogP contribution < -0.4 is 0 Å². The number of aliphatic imine (C=N–C) groups is 3. The van der Waals surface area contributed by atoms with E-state index in [2.05, 4.69) is 141 Å². The van der Waals surface area contributed by atoms with Crippen molar-refractivity contribution in [3.05, 3.63) is 12.7 Å². The summed E-state index contributed by atoms with van der Waals surface area (Å²) in [6.45, 7) is 86.5. The maximum absolute atomic E-state index is 10.7. The smallest absolute Gasteiger partial charge is 0.180 e. The Balaban J connectivity index is -0.000000139. The minimum absolute atomic E-state index is 0.125. The zero-order chi connectivity index (χ0) is 84.9. The summed E-state index contributed by atoms with van der Waals surface area (Å²) in [4.78, 5) is 11.9. The summed E-state index contributed by atoms with van der Waals surface area (Å²) in [5.41, 5.74) is -6.41. The highest BCUT2D eigenvalue weighted by Crippen LogP contribution is 2.32. The second-order valence-corrected chi connectivity index (χ2v) is 59.4. The van der Waals surface area contributed by atoms with E-state index < -0.39 is 91.0 Å². The van der Waals surface area contributed by atoms with Gasteiger partial charge >= 0.3 is 0 Å². The van der Waals surface area contributed by atoms with Gasteiger partial charge in [-0.1, -0.05) is 169 Å². The maximum Gasteiger partial charge on any atom is 0.180 e. The molecule has 616 valence electrons. The second-order valence-electron chi connectivity index (χ2n) is 35.0. The molecule has 0 rings (SSSR count). The number of nitrogens with zero attached hydrogens (tertiary/aromatic N) is 9. The molecule has 0 aromatic carbocycles. The van der Waals surface area contributed by atoms with Gasteiger partial charge in [0.25, 0.3) is 0 Å². The van der Waals surface area contributed by atoms with E-state index in [-0.39, 0.29) is 47.5 Å². The lowest BCUT2D eigenvalue weighted by molar-refractivity contribution is 0.0862. The monoisotopic (exact) mass is 1550 g/mol. The first-order valence-electron chi connectivity index (χ1n) is 38.3. The average molecular weight is 1550 g/mol.